The minimum absolute atomic E-state index is 0.243. The van der Waals surface area contributed by atoms with E-state index in [1.54, 1.807) is 0 Å². The van der Waals surface area contributed by atoms with Crippen LogP contribution in [0.1, 0.15) is 51.2 Å². The van der Waals surface area contributed by atoms with E-state index in [9.17, 15) is 0 Å². The molecule has 0 aliphatic heterocycles. The predicted molar refractivity (Wildman–Crippen MR) is 90.7 cm³/mol. The average Bonchev–Trinajstić information content (AvgIpc) is 2.73. The summed E-state index contributed by atoms with van der Waals surface area (Å²) in [4.78, 5) is 0.418. The fourth-order valence-corrected chi connectivity index (χ4v) is 4.61. The third kappa shape index (κ3) is 2.01. The Labute approximate surface area is 133 Å². The first-order chi connectivity index (χ1) is 9.77. The molecule has 2 saturated carbocycles. The zero-order valence-corrected chi connectivity index (χ0v) is 14.2. The molecule has 2 bridgehead atoms. The molecule has 2 fully saturated rings. The summed E-state index contributed by atoms with van der Waals surface area (Å²) in [6.45, 7) is 9.27. The molecule has 0 spiro atoms. The fraction of sp³-hybridized carbons (Fsp3) is 0.611. The molecule has 2 N–H and O–H groups in total. The van der Waals surface area contributed by atoms with Crippen LogP contribution in [0.3, 0.4) is 0 Å². The first-order valence-electron chi connectivity index (χ1n) is 7.83. The van der Waals surface area contributed by atoms with Gasteiger partial charge in [0.15, 0.2) is 0 Å². The molecule has 114 valence electrons. The van der Waals surface area contributed by atoms with Gasteiger partial charge >= 0.3 is 0 Å². The van der Waals surface area contributed by atoms with Gasteiger partial charge in [-0.3, -0.25) is 0 Å². The second kappa shape index (κ2) is 4.70. The smallest absolute Gasteiger partial charge is 0.132 e. The number of rotatable bonds is 3. The molecule has 2 aliphatic carbocycles. The van der Waals surface area contributed by atoms with E-state index in [-0.39, 0.29) is 11.5 Å². The summed E-state index contributed by atoms with van der Waals surface area (Å²) in [5.41, 5.74) is 8.45. The molecule has 0 aromatic heterocycles. The van der Waals surface area contributed by atoms with Crippen molar-refractivity contribution in [1.82, 2.24) is 0 Å². The Balaban J connectivity index is 1.95. The van der Waals surface area contributed by atoms with Crippen LogP contribution in [-0.2, 0) is 0 Å². The lowest BCUT2D eigenvalue weighted by Crippen LogP contribution is -2.39. The van der Waals surface area contributed by atoms with Crippen molar-refractivity contribution in [3.8, 4) is 5.75 Å². The molecule has 1 aromatic carbocycles. The van der Waals surface area contributed by atoms with Crippen LogP contribution in [0.4, 0.5) is 0 Å². The van der Waals surface area contributed by atoms with E-state index in [2.05, 4.69) is 33.8 Å². The summed E-state index contributed by atoms with van der Waals surface area (Å²) in [5.74, 6) is 1.66. The molecule has 1 aromatic rings. The van der Waals surface area contributed by atoms with Gasteiger partial charge in [0.2, 0.25) is 0 Å². The SMILES string of the molecule is Cc1cccc(C(N)=S)c1OC1CC2CCC1(C)C2(C)C. The quantitative estimate of drug-likeness (QED) is 0.849. The Hall–Kier alpha value is -1.09. The monoisotopic (exact) mass is 303 g/mol. The van der Waals surface area contributed by atoms with Gasteiger partial charge in [0.25, 0.3) is 0 Å². The third-order valence-electron chi connectivity index (χ3n) is 6.45. The maximum absolute atomic E-state index is 6.50. The first kappa shape index (κ1) is 14.8. The van der Waals surface area contributed by atoms with E-state index < -0.39 is 0 Å². The van der Waals surface area contributed by atoms with E-state index in [0.717, 1.165) is 29.2 Å². The zero-order chi connectivity index (χ0) is 15.4. The number of hydrogen-bond donors (Lipinski definition) is 1. The summed E-state index contributed by atoms with van der Waals surface area (Å²) < 4.78 is 6.50. The predicted octanol–water partition coefficient (Wildman–Crippen LogP) is 4.22. The lowest BCUT2D eigenvalue weighted by atomic mass is 9.70. The highest BCUT2D eigenvalue weighted by molar-refractivity contribution is 7.80. The summed E-state index contributed by atoms with van der Waals surface area (Å²) in [6.07, 6.45) is 4.00. The molecule has 0 heterocycles. The Bertz CT molecular complexity index is 595. The number of thiocarbonyl (C=S) groups is 1. The number of para-hydroxylation sites is 1. The Morgan fingerprint density at radius 3 is 2.57 bits per heavy atom. The summed E-state index contributed by atoms with van der Waals surface area (Å²) in [7, 11) is 0. The molecular formula is C18H25NOS. The van der Waals surface area contributed by atoms with E-state index in [4.69, 9.17) is 22.7 Å². The van der Waals surface area contributed by atoms with Gasteiger partial charge in [-0.25, -0.2) is 0 Å². The van der Waals surface area contributed by atoms with Gasteiger partial charge in [0, 0.05) is 5.41 Å². The molecule has 3 atom stereocenters. The van der Waals surface area contributed by atoms with Crippen molar-refractivity contribution in [2.24, 2.45) is 22.5 Å². The number of aryl methyl sites for hydroxylation is 1. The number of hydrogen-bond acceptors (Lipinski definition) is 2. The average molecular weight is 303 g/mol. The minimum atomic E-state index is 0.243. The number of nitrogens with two attached hydrogens (primary N) is 1. The van der Waals surface area contributed by atoms with Crippen molar-refractivity contribution in [3.63, 3.8) is 0 Å². The molecule has 3 heteroatoms. The van der Waals surface area contributed by atoms with E-state index in [1.807, 2.05) is 12.1 Å². The number of fused-ring (bicyclic) bond motifs is 2. The Kier molecular flexibility index (Phi) is 3.32. The van der Waals surface area contributed by atoms with Crippen molar-refractivity contribution in [2.45, 2.75) is 53.1 Å². The van der Waals surface area contributed by atoms with Crippen molar-refractivity contribution in [2.75, 3.05) is 0 Å². The number of ether oxygens (including phenoxy) is 1. The molecule has 0 saturated heterocycles. The van der Waals surface area contributed by atoms with Crippen LogP contribution >= 0.6 is 12.2 Å². The summed E-state index contributed by atoms with van der Waals surface area (Å²) >= 11 is 5.19. The van der Waals surface area contributed by atoms with Gasteiger partial charge < -0.3 is 10.5 Å². The first-order valence-corrected chi connectivity index (χ1v) is 8.24. The van der Waals surface area contributed by atoms with Gasteiger partial charge in [-0.1, -0.05) is 45.1 Å². The Morgan fingerprint density at radius 2 is 2.05 bits per heavy atom. The van der Waals surface area contributed by atoms with Gasteiger partial charge in [-0.2, -0.15) is 0 Å². The highest BCUT2D eigenvalue weighted by Gasteiger charge is 2.62. The third-order valence-corrected chi connectivity index (χ3v) is 6.67. The van der Waals surface area contributed by atoms with E-state index in [0.29, 0.717) is 10.4 Å². The molecule has 21 heavy (non-hydrogen) atoms. The van der Waals surface area contributed by atoms with Crippen LogP contribution < -0.4 is 10.5 Å². The van der Waals surface area contributed by atoms with E-state index >= 15 is 0 Å². The maximum Gasteiger partial charge on any atom is 0.132 e. The molecular weight excluding hydrogens is 278 g/mol. The highest BCUT2D eigenvalue weighted by atomic mass is 32.1. The van der Waals surface area contributed by atoms with Gasteiger partial charge in [0.1, 0.15) is 16.8 Å². The molecule has 0 amide bonds. The summed E-state index contributed by atoms with van der Waals surface area (Å²) in [6, 6.07) is 6.02. The molecule has 2 nitrogen and oxygen atoms in total. The maximum atomic E-state index is 6.50. The van der Waals surface area contributed by atoms with Crippen LogP contribution in [0.5, 0.6) is 5.75 Å². The molecule has 2 aliphatic rings. The second-order valence-corrected chi connectivity index (χ2v) is 7.97. The van der Waals surface area contributed by atoms with Crippen LogP contribution in [0, 0.1) is 23.7 Å². The van der Waals surface area contributed by atoms with Crippen LogP contribution in [0.25, 0.3) is 0 Å². The minimum Gasteiger partial charge on any atom is -0.489 e. The molecule has 3 rings (SSSR count). The topological polar surface area (TPSA) is 35.2 Å². The molecule has 0 radical (unpaired) electrons. The standard InChI is InChI=1S/C18H25NOS/c1-11-6-5-7-13(16(19)21)15(11)20-14-10-12-8-9-18(14,4)17(12,2)3/h5-7,12,14H,8-10H2,1-4H3,(H2,19,21). The highest BCUT2D eigenvalue weighted by Crippen LogP contribution is 2.66. The largest absolute Gasteiger partial charge is 0.489 e. The Morgan fingerprint density at radius 1 is 1.33 bits per heavy atom. The lowest BCUT2D eigenvalue weighted by Gasteiger charge is -2.39. The second-order valence-electron chi connectivity index (χ2n) is 7.53. The van der Waals surface area contributed by atoms with Crippen molar-refractivity contribution in [3.05, 3.63) is 29.3 Å². The van der Waals surface area contributed by atoms with Gasteiger partial charge in [-0.05, 0) is 49.1 Å². The van der Waals surface area contributed by atoms with Crippen molar-refractivity contribution >= 4 is 17.2 Å². The van der Waals surface area contributed by atoms with Gasteiger partial charge in [-0.15, -0.1) is 0 Å². The van der Waals surface area contributed by atoms with E-state index in [1.165, 1.54) is 12.8 Å². The van der Waals surface area contributed by atoms with Crippen LogP contribution in [0.15, 0.2) is 18.2 Å². The molecule has 3 unspecified atom stereocenters. The zero-order valence-electron chi connectivity index (χ0n) is 13.4. The normalized spacial score (nSPS) is 33.1. The van der Waals surface area contributed by atoms with Crippen LogP contribution in [0.2, 0.25) is 0 Å². The summed E-state index contributed by atoms with van der Waals surface area (Å²) in [5, 5.41) is 0. The number of benzene rings is 1. The van der Waals surface area contributed by atoms with Gasteiger partial charge in [0.05, 0.1) is 5.56 Å². The van der Waals surface area contributed by atoms with Crippen molar-refractivity contribution < 1.29 is 4.74 Å². The lowest BCUT2D eigenvalue weighted by molar-refractivity contribution is 0.0296. The van der Waals surface area contributed by atoms with Crippen LogP contribution in [-0.4, -0.2) is 11.1 Å². The fourth-order valence-electron chi connectivity index (χ4n) is 4.45. The van der Waals surface area contributed by atoms with Crippen molar-refractivity contribution in [1.29, 1.82) is 0 Å².